The Hall–Kier alpha value is -2.46. The van der Waals surface area contributed by atoms with Gasteiger partial charge in [0.15, 0.2) is 9.84 Å². The second-order valence-corrected chi connectivity index (χ2v) is 12.3. The number of hydrogen-bond donors (Lipinski definition) is 2. The van der Waals surface area contributed by atoms with Crippen molar-refractivity contribution in [3.05, 3.63) is 30.2 Å². The highest BCUT2D eigenvalue weighted by atomic mass is 32.2. The van der Waals surface area contributed by atoms with E-state index in [0.29, 0.717) is 24.0 Å². The van der Waals surface area contributed by atoms with Gasteiger partial charge in [0.25, 0.3) is 0 Å². The quantitative estimate of drug-likeness (QED) is 0.558. The van der Waals surface area contributed by atoms with Crippen molar-refractivity contribution >= 4 is 32.6 Å². The molecular weight excluding hydrogens is 483 g/mol. The summed E-state index contributed by atoms with van der Waals surface area (Å²) in [6.07, 6.45) is 9.35. The molecule has 0 bridgehead atoms. The van der Waals surface area contributed by atoms with Gasteiger partial charge in [-0.05, 0) is 63.8 Å². The maximum Gasteiger partial charge on any atom is 0.245 e. The maximum absolute atomic E-state index is 13.9. The van der Waals surface area contributed by atoms with Gasteiger partial charge in [0.1, 0.15) is 11.9 Å². The fraction of sp³-hybridized carbons (Fsp3) is 0.615. The third-order valence-corrected chi connectivity index (χ3v) is 8.91. The van der Waals surface area contributed by atoms with Crippen LogP contribution in [0, 0.1) is 11.7 Å². The number of hydrogen-bond acceptors (Lipinski definition) is 5. The van der Waals surface area contributed by atoms with E-state index in [1.807, 2.05) is 9.47 Å². The van der Waals surface area contributed by atoms with Crippen molar-refractivity contribution in [2.75, 3.05) is 19.8 Å². The van der Waals surface area contributed by atoms with Crippen LogP contribution in [-0.2, 0) is 26.0 Å². The third-order valence-electron chi connectivity index (χ3n) is 7.79. The van der Waals surface area contributed by atoms with Crippen molar-refractivity contribution in [1.82, 2.24) is 20.1 Å². The molecule has 1 aromatic carbocycles. The number of sulfone groups is 1. The lowest BCUT2D eigenvalue weighted by Crippen LogP contribution is -2.56. The molecule has 2 heterocycles. The van der Waals surface area contributed by atoms with Gasteiger partial charge in [-0.25, -0.2) is 12.8 Å². The molecule has 1 saturated carbocycles. The summed E-state index contributed by atoms with van der Waals surface area (Å²) in [7, 11) is -1.84. The van der Waals surface area contributed by atoms with Gasteiger partial charge in [-0.1, -0.05) is 19.3 Å². The SMILES string of the molecule is CN[C@@H](C)C(=O)N[C@H](C(=O)N1CCC[C@H]1Cn1cc(S(C)(=O)=O)c2cc(F)ccc21)C1CCCCC1. The van der Waals surface area contributed by atoms with E-state index in [1.54, 1.807) is 26.2 Å². The number of carbonyl (C=O) groups excluding carboxylic acids is 2. The zero-order valence-electron chi connectivity index (χ0n) is 21.3. The highest BCUT2D eigenvalue weighted by Gasteiger charge is 2.39. The number of carbonyl (C=O) groups is 2. The zero-order chi connectivity index (χ0) is 26.0. The second-order valence-electron chi connectivity index (χ2n) is 10.3. The molecule has 8 nitrogen and oxygen atoms in total. The van der Waals surface area contributed by atoms with E-state index >= 15 is 0 Å². The molecule has 0 spiro atoms. The van der Waals surface area contributed by atoms with Crippen molar-refractivity contribution < 1.29 is 22.4 Å². The van der Waals surface area contributed by atoms with E-state index in [0.717, 1.165) is 51.2 Å². The molecule has 0 radical (unpaired) electrons. The number of nitrogens with one attached hydrogen (secondary N) is 2. The summed E-state index contributed by atoms with van der Waals surface area (Å²) in [5, 5.41) is 6.33. The first kappa shape index (κ1) is 26.6. The number of likely N-dealkylation sites (N-methyl/N-ethyl adjacent to an activating group) is 1. The van der Waals surface area contributed by atoms with Crippen LogP contribution in [0.3, 0.4) is 0 Å². The molecule has 3 atom stereocenters. The van der Waals surface area contributed by atoms with Crippen LogP contribution in [0.25, 0.3) is 10.9 Å². The molecule has 1 aliphatic carbocycles. The van der Waals surface area contributed by atoms with Gasteiger partial charge >= 0.3 is 0 Å². The van der Waals surface area contributed by atoms with Crippen LogP contribution in [-0.4, -0.2) is 67.7 Å². The number of halogens is 1. The molecule has 2 aliphatic rings. The first-order chi connectivity index (χ1) is 17.1. The Kier molecular flexibility index (Phi) is 8.04. The van der Waals surface area contributed by atoms with E-state index in [2.05, 4.69) is 10.6 Å². The zero-order valence-corrected chi connectivity index (χ0v) is 22.1. The van der Waals surface area contributed by atoms with E-state index in [1.165, 1.54) is 12.1 Å². The Labute approximate surface area is 212 Å². The summed E-state index contributed by atoms with van der Waals surface area (Å²) in [6.45, 7) is 2.77. The van der Waals surface area contributed by atoms with Gasteiger partial charge < -0.3 is 20.1 Å². The topological polar surface area (TPSA) is 101 Å². The van der Waals surface area contributed by atoms with Crippen LogP contribution in [0.4, 0.5) is 4.39 Å². The molecule has 2 fully saturated rings. The lowest BCUT2D eigenvalue weighted by molar-refractivity contribution is -0.139. The van der Waals surface area contributed by atoms with Gasteiger partial charge in [-0.2, -0.15) is 0 Å². The van der Waals surface area contributed by atoms with Gasteiger partial charge in [0.2, 0.25) is 11.8 Å². The molecule has 36 heavy (non-hydrogen) atoms. The smallest absolute Gasteiger partial charge is 0.245 e. The fourth-order valence-corrected chi connectivity index (χ4v) is 6.54. The normalized spacial score (nSPS) is 21.0. The summed E-state index contributed by atoms with van der Waals surface area (Å²) < 4.78 is 40.5. The lowest BCUT2D eigenvalue weighted by atomic mass is 9.83. The molecule has 4 rings (SSSR count). The highest BCUT2D eigenvalue weighted by Crippen LogP contribution is 2.31. The predicted molar refractivity (Wildman–Crippen MR) is 137 cm³/mol. The summed E-state index contributed by atoms with van der Waals surface area (Å²) in [5.74, 6) is -0.641. The Morgan fingerprint density at radius 1 is 1.14 bits per heavy atom. The van der Waals surface area contributed by atoms with E-state index in [4.69, 9.17) is 0 Å². The molecule has 0 unspecified atom stereocenters. The van der Waals surface area contributed by atoms with Crippen LogP contribution in [0.15, 0.2) is 29.3 Å². The van der Waals surface area contributed by atoms with Crippen LogP contribution in [0.5, 0.6) is 0 Å². The molecule has 10 heteroatoms. The van der Waals surface area contributed by atoms with Crippen molar-refractivity contribution in [2.45, 2.75) is 81.4 Å². The molecule has 1 aromatic heterocycles. The number of rotatable bonds is 8. The van der Waals surface area contributed by atoms with Crippen molar-refractivity contribution in [2.24, 2.45) is 5.92 Å². The summed E-state index contributed by atoms with van der Waals surface area (Å²) in [5.41, 5.74) is 0.621. The maximum atomic E-state index is 13.9. The molecule has 1 aliphatic heterocycles. The molecule has 2 amide bonds. The number of nitrogens with zero attached hydrogens (tertiary/aromatic N) is 2. The van der Waals surface area contributed by atoms with Gasteiger partial charge in [0.05, 0.1) is 10.9 Å². The number of fused-ring (bicyclic) bond motifs is 1. The first-order valence-corrected chi connectivity index (χ1v) is 14.8. The van der Waals surface area contributed by atoms with Crippen molar-refractivity contribution in [3.8, 4) is 0 Å². The summed E-state index contributed by atoms with van der Waals surface area (Å²) in [6, 6.07) is 3.04. The molecule has 1 saturated heterocycles. The van der Waals surface area contributed by atoms with Crippen LogP contribution in [0.1, 0.15) is 51.9 Å². The predicted octanol–water partition coefficient (Wildman–Crippen LogP) is 2.85. The van der Waals surface area contributed by atoms with E-state index in [-0.39, 0.29) is 28.7 Å². The Bertz CT molecular complexity index is 1220. The van der Waals surface area contributed by atoms with Crippen LogP contribution in [0.2, 0.25) is 0 Å². The Morgan fingerprint density at radius 2 is 1.86 bits per heavy atom. The van der Waals surface area contributed by atoms with E-state index in [9.17, 15) is 22.4 Å². The summed E-state index contributed by atoms with van der Waals surface area (Å²) in [4.78, 5) is 28.6. The van der Waals surface area contributed by atoms with Crippen LogP contribution >= 0.6 is 0 Å². The third kappa shape index (κ3) is 5.59. The molecular formula is C26H37FN4O4S. The minimum Gasteiger partial charge on any atom is -0.344 e. The first-order valence-electron chi connectivity index (χ1n) is 12.9. The number of likely N-dealkylation sites (tertiary alicyclic amines) is 1. The standard InChI is InChI=1S/C26H37FN4O4S/c1-17(28-2)25(32)29-24(18-8-5-4-6-9-18)26(33)31-13-7-10-20(31)15-30-16-23(36(3,34)35)21-14-19(27)11-12-22(21)30/h11-12,14,16-18,20,24,28H,4-10,13,15H2,1-3H3,(H,29,32)/t17-,20-,24-/m0/s1. The molecule has 198 valence electrons. The number of amides is 2. The van der Waals surface area contributed by atoms with Gasteiger partial charge in [0, 0.05) is 42.5 Å². The lowest BCUT2D eigenvalue weighted by Gasteiger charge is -2.35. The number of benzene rings is 1. The summed E-state index contributed by atoms with van der Waals surface area (Å²) >= 11 is 0. The Balaban J connectivity index is 1.61. The average molecular weight is 521 g/mol. The number of aromatic nitrogens is 1. The van der Waals surface area contributed by atoms with Crippen LogP contribution < -0.4 is 10.6 Å². The minimum atomic E-state index is -3.56. The van der Waals surface area contributed by atoms with E-state index < -0.39 is 27.7 Å². The average Bonchev–Trinajstić information content (AvgIpc) is 3.46. The van der Waals surface area contributed by atoms with Gasteiger partial charge in [-0.15, -0.1) is 0 Å². The second kappa shape index (κ2) is 10.9. The van der Waals surface area contributed by atoms with Crippen molar-refractivity contribution in [1.29, 1.82) is 0 Å². The minimum absolute atomic E-state index is 0.0631. The fourth-order valence-electron chi connectivity index (χ4n) is 5.66. The largest absolute Gasteiger partial charge is 0.344 e. The molecule has 2 N–H and O–H groups in total. The Morgan fingerprint density at radius 3 is 2.53 bits per heavy atom. The van der Waals surface area contributed by atoms with Gasteiger partial charge in [-0.3, -0.25) is 9.59 Å². The van der Waals surface area contributed by atoms with Crippen molar-refractivity contribution in [3.63, 3.8) is 0 Å². The highest BCUT2D eigenvalue weighted by molar-refractivity contribution is 7.91. The molecule has 2 aromatic rings. The monoisotopic (exact) mass is 520 g/mol.